The molecule has 1 rings (SSSR count). The van der Waals surface area contributed by atoms with Crippen LogP contribution in [0.5, 0.6) is 0 Å². The second-order valence-corrected chi connectivity index (χ2v) is 8.43. The lowest BCUT2D eigenvalue weighted by atomic mass is 10.0. The van der Waals surface area contributed by atoms with Gasteiger partial charge in [0.25, 0.3) is 0 Å². The first-order chi connectivity index (χ1) is 13.3. The van der Waals surface area contributed by atoms with Crippen molar-refractivity contribution in [1.82, 2.24) is 5.32 Å². The van der Waals surface area contributed by atoms with Crippen molar-refractivity contribution in [2.75, 3.05) is 4.43 Å². The van der Waals surface area contributed by atoms with Crippen molar-refractivity contribution in [2.24, 2.45) is 0 Å². The second kappa shape index (κ2) is 17.3. The van der Waals surface area contributed by atoms with E-state index >= 15 is 0 Å². The first kappa shape index (κ1) is 24.3. The molecule has 0 bridgehead atoms. The highest BCUT2D eigenvalue weighted by atomic mass is 127. The highest BCUT2D eigenvalue weighted by Gasteiger charge is 2.12. The Morgan fingerprint density at radius 1 is 0.926 bits per heavy atom. The molecule has 1 aromatic carbocycles. The SMILES string of the molecule is CCCCCCCCCCCCC(CCI)NC(=O)OCc1ccccc1. The molecule has 0 fully saturated rings. The fraction of sp³-hybridized carbons (Fsp3) is 0.696. The summed E-state index contributed by atoms with van der Waals surface area (Å²) in [7, 11) is 0. The number of halogens is 1. The quantitative estimate of drug-likeness (QED) is 0.150. The highest BCUT2D eigenvalue weighted by molar-refractivity contribution is 14.1. The Bertz CT molecular complexity index is 467. The molecular formula is C23H38INO2. The molecule has 27 heavy (non-hydrogen) atoms. The molecule has 3 nitrogen and oxygen atoms in total. The predicted molar refractivity (Wildman–Crippen MR) is 124 cm³/mol. The van der Waals surface area contributed by atoms with Gasteiger partial charge in [0.05, 0.1) is 0 Å². The van der Waals surface area contributed by atoms with Crippen LogP contribution in [-0.4, -0.2) is 16.6 Å². The highest BCUT2D eigenvalue weighted by Crippen LogP contribution is 2.13. The number of hydrogen-bond donors (Lipinski definition) is 1. The van der Waals surface area contributed by atoms with Crippen molar-refractivity contribution < 1.29 is 9.53 Å². The molecule has 0 saturated heterocycles. The van der Waals surface area contributed by atoms with Gasteiger partial charge in [-0.05, 0) is 18.4 Å². The van der Waals surface area contributed by atoms with E-state index in [2.05, 4.69) is 34.8 Å². The zero-order valence-electron chi connectivity index (χ0n) is 17.1. The van der Waals surface area contributed by atoms with Crippen molar-refractivity contribution in [3.63, 3.8) is 0 Å². The molecule has 0 radical (unpaired) electrons. The number of rotatable bonds is 16. The Labute approximate surface area is 180 Å². The number of benzene rings is 1. The van der Waals surface area contributed by atoms with E-state index in [1.807, 2.05) is 30.3 Å². The van der Waals surface area contributed by atoms with Gasteiger partial charge in [0.15, 0.2) is 0 Å². The normalized spacial score (nSPS) is 11.9. The van der Waals surface area contributed by atoms with Crippen LogP contribution in [0.1, 0.15) is 89.5 Å². The lowest BCUT2D eigenvalue weighted by Crippen LogP contribution is -2.35. The number of hydrogen-bond acceptors (Lipinski definition) is 2. The third kappa shape index (κ3) is 14.0. The molecule has 1 N–H and O–H groups in total. The van der Waals surface area contributed by atoms with Gasteiger partial charge in [-0.25, -0.2) is 4.79 Å². The van der Waals surface area contributed by atoms with Gasteiger partial charge in [0.2, 0.25) is 0 Å². The molecule has 1 unspecified atom stereocenters. The maximum atomic E-state index is 12.0. The molecule has 1 amide bonds. The standard InChI is InChI=1S/C23H38INO2/c1-2-3-4-5-6-7-8-9-10-14-17-22(18-19-24)25-23(26)27-20-21-15-12-11-13-16-21/h11-13,15-16,22H,2-10,14,17-20H2,1H3,(H,25,26). The number of carbonyl (C=O) groups excluding carboxylic acids is 1. The third-order valence-corrected chi connectivity index (χ3v) is 5.52. The monoisotopic (exact) mass is 487 g/mol. The molecule has 154 valence electrons. The van der Waals surface area contributed by atoms with Crippen LogP contribution < -0.4 is 5.32 Å². The molecule has 0 aliphatic rings. The van der Waals surface area contributed by atoms with Crippen molar-refractivity contribution in [3.05, 3.63) is 35.9 Å². The number of amides is 1. The van der Waals surface area contributed by atoms with Gasteiger partial charge in [-0.15, -0.1) is 0 Å². The summed E-state index contributed by atoms with van der Waals surface area (Å²) in [6.07, 6.45) is 15.2. The average Bonchev–Trinajstić information content (AvgIpc) is 2.68. The summed E-state index contributed by atoms with van der Waals surface area (Å²) >= 11 is 2.38. The van der Waals surface area contributed by atoms with Crippen molar-refractivity contribution in [3.8, 4) is 0 Å². The Morgan fingerprint density at radius 2 is 1.52 bits per heavy atom. The maximum absolute atomic E-state index is 12.0. The fourth-order valence-corrected chi connectivity index (χ4v) is 3.98. The van der Waals surface area contributed by atoms with Gasteiger partial charge < -0.3 is 10.1 Å². The van der Waals surface area contributed by atoms with Crippen LogP contribution in [0.4, 0.5) is 4.79 Å². The van der Waals surface area contributed by atoms with Crippen LogP contribution in [0.2, 0.25) is 0 Å². The van der Waals surface area contributed by atoms with Gasteiger partial charge in [-0.2, -0.15) is 0 Å². The Hall–Kier alpha value is -0.780. The minimum atomic E-state index is -0.291. The topological polar surface area (TPSA) is 38.3 Å². The minimum Gasteiger partial charge on any atom is -0.445 e. The number of unbranched alkanes of at least 4 members (excludes halogenated alkanes) is 9. The summed E-state index contributed by atoms with van der Waals surface area (Å²) in [6, 6.07) is 10.1. The van der Waals surface area contributed by atoms with Crippen LogP contribution >= 0.6 is 22.6 Å². The summed E-state index contributed by atoms with van der Waals surface area (Å²) in [4.78, 5) is 12.0. The summed E-state index contributed by atoms with van der Waals surface area (Å²) in [5.41, 5.74) is 1.02. The zero-order chi connectivity index (χ0) is 19.6. The summed E-state index contributed by atoms with van der Waals surface area (Å²) in [5, 5.41) is 3.05. The molecule has 0 aliphatic carbocycles. The number of nitrogens with one attached hydrogen (secondary N) is 1. The van der Waals surface area contributed by atoms with E-state index < -0.39 is 0 Å². The van der Waals surface area contributed by atoms with Crippen molar-refractivity contribution in [2.45, 2.75) is 96.6 Å². The van der Waals surface area contributed by atoms with Crippen LogP contribution in [0.3, 0.4) is 0 Å². The molecular weight excluding hydrogens is 449 g/mol. The smallest absolute Gasteiger partial charge is 0.407 e. The van der Waals surface area contributed by atoms with Crippen molar-refractivity contribution >= 4 is 28.7 Å². The van der Waals surface area contributed by atoms with E-state index in [-0.39, 0.29) is 12.1 Å². The summed E-state index contributed by atoms with van der Waals surface area (Å²) in [5.74, 6) is 0. The van der Waals surface area contributed by atoms with Crippen LogP contribution in [0.15, 0.2) is 30.3 Å². The Balaban J connectivity index is 2.08. The molecule has 0 aromatic heterocycles. The lowest BCUT2D eigenvalue weighted by Gasteiger charge is -2.17. The Morgan fingerprint density at radius 3 is 2.11 bits per heavy atom. The lowest BCUT2D eigenvalue weighted by molar-refractivity contribution is 0.134. The minimum absolute atomic E-state index is 0.235. The number of alkyl carbamates (subject to hydrolysis) is 1. The third-order valence-electron chi connectivity index (χ3n) is 4.90. The molecule has 4 heteroatoms. The van der Waals surface area contributed by atoms with Gasteiger partial charge >= 0.3 is 6.09 Å². The number of alkyl halides is 1. The number of carbonyl (C=O) groups is 1. The first-order valence-electron chi connectivity index (χ1n) is 10.8. The maximum Gasteiger partial charge on any atom is 0.407 e. The summed E-state index contributed by atoms with van der Waals surface area (Å²) in [6.45, 7) is 2.60. The second-order valence-electron chi connectivity index (χ2n) is 7.35. The zero-order valence-corrected chi connectivity index (χ0v) is 19.2. The molecule has 0 aliphatic heterocycles. The van der Waals surface area contributed by atoms with Gasteiger partial charge in [0.1, 0.15) is 6.61 Å². The molecule has 0 saturated carbocycles. The first-order valence-corrected chi connectivity index (χ1v) is 12.3. The average molecular weight is 487 g/mol. The Kier molecular flexibility index (Phi) is 15.6. The van der Waals surface area contributed by atoms with E-state index in [1.165, 1.54) is 64.2 Å². The van der Waals surface area contributed by atoms with E-state index in [0.29, 0.717) is 6.61 Å². The predicted octanol–water partition coefficient (Wildman–Crippen LogP) is 7.42. The van der Waals surface area contributed by atoms with E-state index in [9.17, 15) is 4.79 Å². The van der Waals surface area contributed by atoms with Crippen LogP contribution in [0.25, 0.3) is 0 Å². The van der Waals surface area contributed by atoms with Crippen LogP contribution in [0, 0.1) is 0 Å². The molecule has 1 aromatic rings. The van der Waals surface area contributed by atoms with E-state index in [1.54, 1.807) is 0 Å². The molecule has 0 spiro atoms. The summed E-state index contributed by atoms with van der Waals surface area (Å²) < 4.78 is 6.41. The fourth-order valence-electron chi connectivity index (χ4n) is 3.23. The van der Waals surface area contributed by atoms with E-state index in [4.69, 9.17) is 4.74 Å². The van der Waals surface area contributed by atoms with Gasteiger partial charge in [-0.1, -0.05) is 124 Å². The van der Waals surface area contributed by atoms with E-state index in [0.717, 1.165) is 22.8 Å². The van der Waals surface area contributed by atoms with Gasteiger partial charge in [-0.3, -0.25) is 0 Å². The number of ether oxygens (including phenoxy) is 1. The van der Waals surface area contributed by atoms with Crippen LogP contribution in [-0.2, 0) is 11.3 Å². The molecule has 1 atom stereocenters. The largest absolute Gasteiger partial charge is 0.445 e. The van der Waals surface area contributed by atoms with Crippen molar-refractivity contribution in [1.29, 1.82) is 0 Å². The van der Waals surface area contributed by atoms with Gasteiger partial charge in [0, 0.05) is 10.5 Å². The molecule has 0 heterocycles.